The summed E-state index contributed by atoms with van der Waals surface area (Å²) >= 11 is 2.61. The van der Waals surface area contributed by atoms with Crippen molar-refractivity contribution in [2.75, 3.05) is 0 Å². The van der Waals surface area contributed by atoms with Crippen LogP contribution in [0.3, 0.4) is 0 Å². The van der Waals surface area contributed by atoms with Gasteiger partial charge in [0.2, 0.25) is 0 Å². The van der Waals surface area contributed by atoms with Gasteiger partial charge in [-0.2, -0.15) is 0 Å². The number of hydrogen-bond donors (Lipinski definition) is 0. The van der Waals surface area contributed by atoms with E-state index in [1.54, 1.807) is 0 Å². The zero-order valence-electron chi connectivity index (χ0n) is 3.24. The van der Waals surface area contributed by atoms with Gasteiger partial charge in [0.1, 0.15) is 0 Å². The van der Waals surface area contributed by atoms with Crippen molar-refractivity contribution in [2.24, 2.45) is 0 Å². The van der Waals surface area contributed by atoms with E-state index in [1.165, 1.54) is 0 Å². The van der Waals surface area contributed by atoms with E-state index in [4.69, 9.17) is 0 Å². The third-order valence-corrected chi connectivity index (χ3v) is 1.36. The first-order chi connectivity index (χ1) is 2.89. The van der Waals surface area contributed by atoms with Gasteiger partial charge in [0.25, 0.3) is 0 Å². The van der Waals surface area contributed by atoms with Crippen LogP contribution in [-0.2, 0) is 18.3 Å². The Morgan fingerprint density at radius 1 is 1.17 bits per heavy atom. The van der Waals surface area contributed by atoms with Gasteiger partial charge in [0.15, 0.2) is 0 Å². The Morgan fingerprint density at radius 2 is 1.67 bits per heavy atom. The van der Waals surface area contributed by atoms with Crippen molar-refractivity contribution in [1.82, 2.24) is 0 Å². The van der Waals surface area contributed by atoms with Gasteiger partial charge in [0, 0.05) is 0 Å². The molecule has 0 aromatic rings. The van der Waals surface area contributed by atoms with Crippen LogP contribution in [0.1, 0.15) is 0 Å². The molecule has 0 saturated heterocycles. The molecule has 0 saturated carbocycles. The zero-order valence-corrected chi connectivity index (χ0v) is 4.98. The van der Waals surface area contributed by atoms with Crippen LogP contribution in [0.5, 0.6) is 0 Å². The molecule has 0 unspecified atom stereocenters. The standard InChI is InChI=1S/C5H5.Ru/c1-2-4-5-3-1;/h1-5H;/q;+1. The van der Waals surface area contributed by atoms with Crippen molar-refractivity contribution in [3.8, 4) is 0 Å². The second-order valence-electron chi connectivity index (χ2n) is 1.20. The Labute approximate surface area is 47.6 Å². The van der Waals surface area contributed by atoms with Gasteiger partial charge in [0.05, 0.1) is 0 Å². The van der Waals surface area contributed by atoms with Gasteiger partial charge in [-0.25, -0.2) is 0 Å². The fourth-order valence-electron chi connectivity index (χ4n) is 0.399. The molecule has 1 aliphatic rings. The summed E-state index contributed by atoms with van der Waals surface area (Å²) in [5, 5.41) is 0. The molecule has 1 rings (SSSR count). The third kappa shape index (κ3) is 0.783. The minimum absolute atomic E-state index is 0.615. The third-order valence-electron chi connectivity index (χ3n) is 0.692. The van der Waals surface area contributed by atoms with Crippen LogP contribution < -0.4 is 0 Å². The maximum absolute atomic E-state index is 2.61. The molecule has 0 heterocycles. The average Bonchev–Trinajstić information content (AvgIpc) is 1.86. The predicted molar refractivity (Wildman–Crippen MR) is 22.0 cm³/mol. The molecule has 0 bridgehead atoms. The van der Waals surface area contributed by atoms with Crippen molar-refractivity contribution in [2.45, 2.75) is 4.51 Å². The van der Waals surface area contributed by atoms with E-state index in [2.05, 4.69) is 42.6 Å². The molecular weight excluding hydrogens is 161 g/mol. The van der Waals surface area contributed by atoms with Crippen LogP contribution in [0.15, 0.2) is 24.3 Å². The van der Waals surface area contributed by atoms with Crippen LogP contribution in [0.2, 0.25) is 4.51 Å². The Hall–Kier alpha value is 0.103. The number of allylic oxidation sites excluding steroid dienone is 4. The van der Waals surface area contributed by atoms with Gasteiger partial charge < -0.3 is 0 Å². The molecule has 1 heteroatoms. The van der Waals surface area contributed by atoms with E-state index >= 15 is 0 Å². The second kappa shape index (κ2) is 1.70. The number of rotatable bonds is 0. The first kappa shape index (κ1) is 4.27. The molecule has 0 aromatic carbocycles. The summed E-state index contributed by atoms with van der Waals surface area (Å²) < 4.78 is 0.615. The Morgan fingerprint density at radius 3 is 1.83 bits per heavy atom. The quantitative estimate of drug-likeness (QED) is 0.478. The Kier molecular flexibility index (Phi) is 1.21. The van der Waals surface area contributed by atoms with E-state index in [0.717, 1.165) is 0 Å². The van der Waals surface area contributed by atoms with Crippen molar-refractivity contribution >= 4 is 0 Å². The van der Waals surface area contributed by atoms with Crippen molar-refractivity contribution in [3.63, 3.8) is 0 Å². The van der Waals surface area contributed by atoms with E-state index in [1.807, 2.05) is 0 Å². The second-order valence-corrected chi connectivity index (χ2v) is 2.36. The van der Waals surface area contributed by atoms with Crippen LogP contribution >= 0.6 is 0 Å². The first-order valence-electron chi connectivity index (χ1n) is 1.87. The first-order valence-corrected chi connectivity index (χ1v) is 2.87. The molecule has 0 aromatic heterocycles. The summed E-state index contributed by atoms with van der Waals surface area (Å²) in [7, 11) is 0. The fourth-order valence-corrected chi connectivity index (χ4v) is 0.786. The van der Waals surface area contributed by atoms with Crippen molar-refractivity contribution < 1.29 is 18.3 Å². The Bertz CT molecular complexity index is 80.1. The predicted octanol–water partition coefficient (Wildman–Crippen LogP) is 1.45. The molecule has 0 fully saturated rings. The van der Waals surface area contributed by atoms with E-state index < -0.39 is 0 Å². The molecule has 0 N–H and O–H groups in total. The van der Waals surface area contributed by atoms with Crippen molar-refractivity contribution in [3.05, 3.63) is 24.3 Å². The topological polar surface area (TPSA) is 0 Å². The summed E-state index contributed by atoms with van der Waals surface area (Å²) in [6.07, 6.45) is 8.38. The molecule has 0 radical (unpaired) electrons. The normalized spacial score (nSPS) is 20.2. The summed E-state index contributed by atoms with van der Waals surface area (Å²) in [6, 6.07) is 0. The van der Waals surface area contributed by atoms with Crippen LogP contribution in [0, 0.1) is 0 Å². The van der Waals surface area contributed by atoms with E-state index in [-0.39, 0.29) is 0 Å². The SMILES string of the molecule is [Ru+][CH]1C=CC=C1. The molecule has 0 spiro atoms. The molecular formula is C5H5Ru+. The average molecular weight is 166 g/mol. The van der Waals surface area contributed by atoms with Crippen LogP contribution in [0.25, 0.3) is 0 Å². The van der Waals surface area contributed by atoms with Gasteiger partial charge in [-0.15, -0.1) is 0 Å². The number of hydrogen-bond acceptors (Lipinski definition) is 0. The summed E-state index contributed by atoms with van der Waals surface area (Å²) in [5.74, 6) is 0. The minimum atomic E-state index is 0.615. The summed E-state index contributed by atoms with van der Waals surface area (Å²) in [5.41, 5.74) is 0. The molecule has 0 amide bonds. The molecule has 0 aliphatic heterocycles. The van der Waals surface area contributed by atoms with Gasteiger partial charge in [-0.3, -0.25) is 0 Å². The molecule has 1 aliphatic carbocycles. The Balaban J connectivity index is 2.60. The fraction of sp³-hybridized carbons (Fsp3) is 0.200. The molecule has 32 valence electrons. The van der Waals surface area contributed by atoms with E-state index in [0.29, 0.717) is 4.51 Å². The zero-order chi connectivity index (χ0) is 4.41. The van der Waals surface area contributed by atoms with E-state index in [9.17, 15) is 0 Å². The summed E-state index contributed by atoms with van der Waals surface area (Å²) in [4.78, 5) is 0. The van der Waals surface area contributed by atoms with Crippen molar-refractivity contribution in [1.29, 1.82) is 0 Å². The van der Waals surface area contributed by atoms with Crippen LogP contribution in [-0.4, -0.2) is 0 Å². The van der Waals surface area contributed by atoms with Crippen LogP contribution in [0.4, 0.5) is 0 Å². The van der Waals surface area contributed by atoms with Gasteiger partial charge in [-0.05, 0) is 0 Å². The summed E-state index contributed by atoms with van der Waals surface area (Å²) in [6.45, 7) is 0. The maximum atomic E-state index is 2.61. The molecule has 0 nitrogen and oxygen atoms in total. The van der Waals surface area contributed by atoms with Gasteiger partial charge >= 0.3 is 47.1 Å². The monoisotopic (exact) mass is 167 g/mol. The molecule has 0 atom stereocenters. The molecule has 6 heavy (non-hydrogen) atoms. The van der Waals surface area contributed by atoms with Gasteiger partial charge in [-0.1, -0.05) is 0 Å².